The summed E-state index contributed by atoms with van der Waals surface area (Å²) in [6.07, 6.45) is 5.87. The van der Waals surface area contributed by atoms with E-state index >= 15 is 0 Å². The molecule has 11 heteroatoms. The molecule has 1 aliphatic rings. The molecule has 0 fully saturated rings. The Morgan fingerprint density at radius 2 is 2.09 bits per heavy atom. The van der Waals surface area contributed by atoms with Crippen LogP contribution in [0.5, 0.6) is 5.75 Å². The quantitative estimate of drug-likeness (QED) is 0.408. The van der Waals surface area contributed by atoms with Crippen molar-refractivity contribution in [3.63, 3.8) is 0 Å². The molecular weight excluding hydrogens is 444 g/mol. The van der Waals surface area contributed by atoms with Crippen LogP contribution in [0.2, 0.25) is 5.02 Å². The second-order valence-electron chi connectivity index (χ2n) is 8.11. The van der Waals surface area contributed by atoms with E-state index in [-0.39, 0.29) is 28.3 Å². The van der Waals surface area contributed by atoms with E-state index < -0.39 is 5.41 Å². The SMILES string of the molecule is CCCCc1nc(-c2nc(N)c3c(n2)NC(=O)[C@]3(C)c2ccc(O)c(Cl)c2)cn2ncnc12. The van der Waals surface area contributed by atoms with Crippen molar-refractivity contribution >= 4 is 34.8 Å². The third-order valence-corrected chi connectivity index (χ3v) is 6.28. The number of aromatic hydroxyl groups is 1. The van der Waals surface area contributed by atoms with Gasteiger partial charge in [0.25, 0.3) is 0 Å². The van der Waals surface area contributed by atoms with Gasteiger partial charge in [-0.3, -0.25) is 4.79 Å². The van der Waals surface area contributed by atoms with Crippen LogP contribution in [0.1, 0.15) is 43.5 Å². The summed E-state index contributed by atoms with van der Waals surface area (Å²) < 4.78 is 1.64. The topological polar surface area (TPSA) is 144 Å². The molecule has 0 bridgehead atoms. The van der Waals surface area contributed by atoms with E-state index in [1.165, 1.54) is 12.4 Å². The zero-order valence-corrected chi connectivity index (χ0v) is 18.8. The Morgan fingerprint density at radius 1 is 1.27 bits per heavy atom. The molecule has 1 amide bonds. The number of hydrogen-bond acceptors (Lipinski definition) is 8. The fourth-order valence-electron chi connectivity index (χ4n) is 4.13. The Labute approximate surface area is 193 Å². The van der Waals surface area contributed by atoms with Crippen LogP contribution in [-0.4, -0.2) is 40.6 Å². The fourth-order valence-corrected chi connectivity index (χ4v) is 4.31. The molecular formula is C22H21ClN8O2. The van der Waals surface area contributed by atoms with Gasteiger partial charge in [0.2, 0.25) is 5.91 Å². The molecule has 4 aromatic rings. The first-order valence-electron chi connectivity index (χ1n) is 10.5. The van der Waals surface area contributed by atoms with Gasteiger partial charge >= 0.3 is 0 Å². The van der Waals surface area contributed by atoms with Gasteiger partial charge in [0.1, 0.15) is 34.8 Å². The summed E-state index contributed by atoms with van der Waals surface area (Å²) in [7, 11) is 0. The second kappa shape index (κ2) is 7.66. The number of nitrogen functional groups attached to an aromatic ring is 1. The van der Waals surface area contributed by atoms with Crippen LogP contribution < -0.4 is 11.1 Å². The molecule has 1 aliphatic heterocycles. The van der Waals surface area contributed by atoms with E-state index in [2.05, 4.69) is 32.3 Å². The number of benzene rings is 1. The predicted molar refractivity (Wildman–Crippen MR) is 123 cm³/mol. The van der Waals surface area contributed by atoms with E-state index in [1.807, 2.05) is 0 Å². The summed E-state index contributed by atoms with van der Waals surface area (Å²) in [5.41, 5.74) is 8.17. The first kappa shape index (κ1) is 21.1. The minimum absolute atomic E-state index is 0.0735. The largest absolute Gasteiger partial charge is 0.506 e. The lowest BCUT2D eigenvalue weighted by molar-refractivity contribution is -0.119. The van der Waals surface area contributed by atoms with E-state index in [1.54, 1.807) is 29.8 Å². The Hall–Kier alpha value is -3.79. The molecule has 10 nitrogen and oxygen atoms in total. The summed E-state index contributed by atoms with van der Waals surface area (Å²) in [4.78, 5) is 31.2. The van der Waals surface area contributed by atoms with Gasteiger partial charge in [-0.25, -0.2) is 24.5 Å². The molecule has 4 heterocycles. The predicted octanol–water partition coefficient (Wildman–Crippen LogP) is 3.12. The van der Waals surface area contributed by atoms with Gasteiger partial charge in [-0.2, -0.15) is 5.10 Å². The number of rotatable bonds is 5. The molecule has 1 aromatic carbocycles. The van der Waals surface area contributed by atoms with Crippen molar-refractivity contribution in [3.05, 3.63) is 52.6 Å². The third kappa shape index (κ3) is 3.25. The van der Waals surface area contributed by atoms with E-state index in [0.717, 1.165) is 25.0 Å². The average Bonchev–Trinajstić information content (AvgIpc) is 3.37. The molecule has 4 N–H and O–H groups in total. The van der Waals surface area contributed by atoms with Gasteiger partial charge < -0.3 is 16.2 Å². The van der Waals surface area contributed by atoms with Crippen molar-refractivity contribution in [1.29, 1.82) is 0 Å². The van der Waals surface area contributed by atoms with Crippen LogP contribution in [0.25, 0.3) is 17.2 Å². The number of amides is 1. The normalized spacial score (nSPS) is 17.4. The molecule has 0 aliphatic carbocycles. The Balaban J connectivity index is 1.64. The van der Waals surface area contributed by atoms with Crippen LogP contribution in [0, 0.1) is 0 Å². The number of unbranched alkanes of at least 4 members (excludes halogenated alkanes) is 1. The van der Waals surface area contributed by atoms with Crippen LogP contribution in [0.4, 0.5) is 11.6 Å². The highest BCUT2D eigenvalue weighted by Gasteiger charge is 2.47. The zero-order valence-electron chi connectivity index (χ0n) is 18.0. The molecule has 0 spiro atoms. The van der Waals surface area contributed by atoms with Crippen molar-refractivity contribution in [2.24, 2.45) is 0 Å². The highest BCUT2D eigenvalue weighted by Crippen LogP contribution is 2.46. The van der Waals surface area contributed by atoms with Gasteiger partial charge in [-0.05, 0) is 37.5 Å². The number of phenols is 1. The van der Waals surface area contributed by atoms with Crippen molar-refractivity contribution in [2.45, 2.75) is 38.5 Å². The summed E-state index contributed by atoms with van der Waals surface area (Å²) in [6, 6.07) is 4.61. The lowest BCUT2D eigenvalue weighted by atomic mass is 9.77. The number of anilines is 2. The number of carbonyl (C=O) groups is 1. The lowest BCUT2D eigenvalue weighted by Gasteiger charge is -2.23. The number of halogens is 1. The summed E-state index contributed by atoms with van der Waals surface area (Å²) in [6.45, 7) is 3.83. The summed E-state index contributed by atoms with van der Waals surface area (Å²) in [5.74, 6) is 0.339. The smallest absolute Gasteiger partial charge is 0.240 e. The lowest BCUT2D eigenvalue weighted by Crippen LogP contribution is -2.33. The third-order valence-electron chi connectivity index (χ3n) is 5.98. The molecule has 0 saturated carbocycles. The van der Waals surface area contributed by atoms with Gasteiger partial charge in [-0.15, -0.1) is 0 Å². The molecule has 3 aromatic heterocycles. The van der Waals surface area contributed by atoms with Gasteiger partial charge in [0, 0.05) is 0 Å². The second-order valence-corrected chi connectivity index (χ2v) is 8.51. The molecule has 168 valence electrons. The number of aromatic nitrogens is 6. The molecule has 33 heavy (non-hydrogen) atoms. The van der Waals surface area contributed by atoms with Gasteiger partial charge in [0.15, 0.2) is 11.5 Å². The molecule has 0 radical (unpaired) electrons. The van der Waals surface area contributed by atoms with E-state index in [9.17, 15) is 9.90 Å². The zero-order chi connectivity index (χ0) is 23.3. The number of nitrogens with zero attached hydrogens (tertiary/aromatic N) is 6. The average molecular weight is 465 g/mol. The summed E-state index contributed by atoms with van der Waals surface area (Å²) >= 11 is 6.10. The highest BCUT2D eigenvalue weighted by atomic mass is 35.5. The standard InChI is InChI=1S/C22H21ClN8O2/c1-3-4-5-13-20-25-10-26-31(20)9-14(27-13)18-28-17(24)16-19(29-18)30-21(33)22(16,2)11-6-7-15(32)12(23)8-11/h6-10,32H,3-5H2,1-2H3,(H3,24,28,29,30,33)/t22-/m1/s1. The maximum atomic E-state index is 13.1. The van der Waals surface area contributed by atoms with Crippen molar-refractivity contribution in [1.82, 2.24) is 29.5 Å². The number of hydrogen-bond donors (Lipinski definition) is 3. The van der Waals surface area contributed by atoms with Crippen LogP contribution in [0.3, 0.4) is 0 Å². The number of aryl methyl sites for hydroxylation is 1. The molecule has 0 saturated heterocycles. The van der Waals surface area contributed by atoms with Crippen molar-refractivity contribution in [2.75, 3.05) is 11.1 Å². The minimum atomic E-state index is -1.18. The van der Waals surface area contributed by atoms with Crippen LogP contribution in [0.15, 0.2) is 30.7 Å². The Kier molecular flexibility index (Phi) is 4.89. The van der Waals surface area contributed by atoms with Gasteiger partial charge in [-0.1, -0.05) is 31.0 Å². The number of nitrogens with two attached hydrogens (primary N) is 1. The van der Waals surface area contributed by atoms with E-state index in [4.69, 9.17) is 22.3 Å². The van der Waals surface area contributed by atoms with Crippen molar-refractivity contribution < 1.29 is 9.90 Å². The Morgan fingerprint density at radius 3 is 2.85 bits per heavy atom. The minimum Gasteiger partial charge on any atom is -0.506 e. The number of nitrogens with one attached hydrogen (secondary N) is 1. The maximum absolute atomic E-state index is 13.1. The first-order chi connectivity index (χ1) is 15.8. The van der Waals surface area contributed by atoms with Crippen LogP contribution in [-0.2, 0) is 16.6 Å². The number of carbonyl (C=O) groups excluding carboxylic acids is 1. The molecule has 1 atom stereocenters. The first-order valence-corrected chi connectivity index (χ1v) is 10.9. The maximum Gasteiger partial charge on any atom is 0.240 e. The van der Waals surface area contributed by atoms with Crippen molar-refractivity contribution in [3.8, 4) is 17.3 Å². The number of phenolic OH excluding ortho intramolecular Hbond substituents is 1. The highest BCUT2D eigenvalue weighted by molar-refractivity contribution is 6.32. The van der Waals surface area contributed by atoms with Crippen LogP contribution >= 0.6 is 11.6 Å². The monoisotopic (exact) mass is 464 g/mol. The molecule has 0 unspecified atom stereocenters. The summed E-state index contributed by atoms with van der Waals surface area (Å²) in [5, 5.41) is 17.0. The Bertz CT molecular complexity index is 1420. The number of fused-ring (bicyclic) bond motifs is 2. The van der Waals surface area contributed by atoms with E-state index in [0.29, 0.717) is 28.3 Å². The molecule has 5 rings (SSSR count). The van der Waals surface area contributed by atoms with Gasteiger partial charge in [0.05, 0.1) is 22.5 Å². The fraction of sp³-hybridized carbons (Fsp3) is 0.273.